The van der Waals surface area contributed by atoms with Gasteiger partial charge in [-0.15, -0.1) is 0 Å². The van der Waals surface area contributed by atoms with Crippen molar-refractivity contribution >= 4 is 11.8 Å². The number of aryl methyl sites for hydroxylation is 1. The van der Waals surface area contributed by atoms with E-state index in [0.717, 1.165) is 38.9 Å². The maximum atomic E-state index is 12.9. The Hall–Kier alpha value is -2.02. The Balaban J connectivity index is 1.63. The van der Waals surface area contributed by atoms with Crippen molar-refractivity contribution in [2.24, 2.45) is 5.92 Å². The first kappa shape index (κ1) is 21.7. The number of piperidine rings is 1. The molecular formula is C22H35N5O2. The van der Waals surface area contributed by atoms with Gasteiger partial charge in [0.15, 0.2) is 0 Å². The fourth-order valence-corrected chi connectivity index (χ4v) is 4.35. The fraction of sp³-hybridized carbons (Fsp3) is 0.727. The lowest BCUT2D eigenvalue weighted by molar-refractivity contribution is -0.138. The van der Waals surface area contributed by atoms with E-state index in [1.54, 1.807) is 12.4 Å². The first-order chi connectivity index (χ1) is 14.0. The number of hydrogen-bond acceptors (Lipinski definition) is 5. The average molecular weight is 402 g/mol. The topological polar surface area (TPSA) is 69.6 Å². The Kier molecular flexibility index (Phi) is 7.58. The van der Waals surface area contributed by atoms with Crippen molar-refractivity contribution in [2.45, 2.75) is 58.9 Å². The molecule has 2 aliphatic heterocycles. The Morgan fingerprint density at radius 3 is 2.48 bits per heavy atom. The summed E-state index contributed by atoms with van der Waals surface area (Å²) < 4.78 is 0. The molecule has 1 unspecified atom stereocenters. The van der Waals surface area contributed by atoms with Gasteiger partial charge in [0.25, 0.3) is 5.91 Å². The second kappa shape index (κ2) is 10.1. The number of likely N-dealkylation sites (tertiary alicyclic amines) is 2. The maximum absolute atomic E-state index is 12.9. The van der Waals surface area contributed by atoms with Gasteiger partial charge in [-0.3, -0.25) is 9.59 Å². The molecule has 7 nitrogen and oxygen atoms in total. The highest BCUT2D eigenvalue weighted by molar-refractivity contribution is 5.93. The lowest BCUT2D eigenvalue weighted by atomic mass is 10.0. The van der Waals surface area contributed by atoms with Gasteiger partial charge in [0, 0.05) is 44.0 Å². The Bertz CT molecular complexity index is 685. The molecule has 29 heavy (non-hydrogen) atoms. The van der Waals surface area contributed by atoms with E-state index >= 15 is 0 Å². The average Bonchev–Trinajstić information content (AvgIpc) is 3.24. The first-order valence-corrected chi connectivity index (χ1v) is 11.1. The molecule has 0 spiro atoms. The molecule has 7 heteroatoms. The van der Waals surface area contributed by atoms with Crippen LogP contribution in [0.15, 0.2) is 12.4 Å². The molecule has 0 N–H and O–H groups in total. The predicted octanol–water partition coefficient (Wildman–Crippen LogP) is 2.36. The zero-order chi connectivity index (χ0) is 20.8. The van der Waals surface area contributed by atoms with E-state index in [0.29, 0.717) is 17.9 Å². The normalized spacial score (nSPS) is 20.3. The van der Waals surface area contributed by atoms with E-state index < -0.39 is 0 Å². The van der Waals surface area contributed by atoms with E-state index in [-0.39, 0.29) is 23.8 Å². The number of aromatic nitrogens is 2. The van der Waals surface area contributed by atoms with Crippen LogP contribution in [-0.2, 0) is 4.79 Å². The van der Waals surface area contributed by atoms with Gasteiger partial charge in [0.1, 0.15) is 5.82 Å². The van der Waals surface area contributed by atoms with Crippen molar-refractivity contribution in [1.29, 1.82) is 0 Å². The van der Waals surface area contributed by atoms with Crippen molar-refractivity contribution in [3.8, 4) is 0 Å². The SMILES string of the molecule is Cc1ncc(C(=O)N2CCCC(N(CCCN3CCCC3)C(=O)C(C)C)C2)cn1. The van der Waals surface area contributed by atoms with Crippen LogP contribution in [-0.4, -0.2) is 81.8 Å². The zero-order valence-corrected chi connectivity index (χ0v) is 18.1. The number of carbonyl (C=O) groups is 2. The quantitative estimate of drug-likeness (QED) is 0.702. The van der Waals surface area contributed by atoms with Crippen molar-refractivity contribution < 1.29 is 9.59 Å². The van der Waals surface area contributed by atoms with Crippen molar-refractivity contribution in [3.63, 3.8) is 0 Å². The summed E-state index contributed by atoms with van der Waals surface area (Å²) in [6.07, 6.45) is 8.64. The van der Waals surface area contributed by atoms with Gasteiger partial charge >= 0.3 is 0 Å². The summed E-state index contributed by atoms with van der Waals surface area (Å²) in [6, 6.07) is 0.0903. The van der Waals surface area contributed by atoms with Gasteiger partial charge in [-0.1, -0.05) is 13.8 Å². The second-order valence-corrected chi connectivity index (χ2v) is 8.65. The molecule has 3 heterocycles. The second-order valence-electron chi connectivity index (χ2n) is 8.65. The minimum atomic E-state index is -0.0382. The molecule has 2 fully saturated rings. The van der Waals surface area contributed by atoms with E-state index in [2.05, 4.69) is 14.9 Å². The Labute approximate surface area is 174 Å². The van der Waals surface area contributed by atoms with E-state index in [1.807, 2.05) is 30.6 Å². The van der Waals surface area contributed by atoms with E-state index in [9.17, 15) is 9.59 Å². The van der Waals surface area contributed by atoms with Crippen LogP contribution in [0.5, 0.6) is 0 Å². The van der Waals surface area contributed by atoms with Crippen LogP contribution in [0.25, 0.3) is 0 Å². The molecule has 2 aliphatic rings. The molecule has 1 aromatic rings. The minimum absolute atomic E-state index is 0.0293. The molecule has 2 amide bonds. The van der Waals surface area contributed by atoms with Crippen LogP contribution in [0.1, 0.15) is 62.1 Å². The molecule has 3 rings (SSSR count). The molecule has 0 aromatic carbocycles. The number of nitrogens with zero attached hydrogens (tertiary/aromatic N) is 5. The zero-order valence-electron chi connectivity index (χ0n) is 18.1. The van der Waals surface area contributed by atoms with Crippen LogP contribution in [0.4, 0.5) is 0 Å². The Morgan fingerprint density at radius 2 is 1.83 bits per heavy atom. The highest BCUT2D eigenvalue weighted by Crippen LogP contribution is 2.20. The van der Waals surface area contributed by atoms with Crippen LogP contribution in [0.3, 0.4) is 0 Å². The fourth-order valence-electron chi connectivity index (χ4n) is 4.35. The molecule has 1 aromatic heterocycles. The summed E-state index contributed by atoms with van der Waals surface area (Å²) >= 11 is 0. The van der Waals surface area contributed by atoms with Crippen LogP contribution < -0.4 is 0 Å². The smallest absolute Gasteiger partial charge is 0.257 e. The molecule has 0 saturated carbocycles. The first-order valence-electron chi connectivity index (χ1n) is 11.1. The van der Waals surface area contributed by atoms with Crippen LogP contribution in [0, 0.1) is 12.8 Å². The lowest BCUT2D eigenvalue weighted by Crippen LogP contribution is -2.53. The predicted molar refractivity (Wildman–Crippen MR) is 113 cm³/mol. The monoisotopic (exact) mass is 401 g/mol. The standard InChI is InChI=1S/C22H35N5O2/c1-17(2)21(28)27(13-7-11-25-9-4-5-10-25)20-8-6-12-26(16-20)22(29)19-14-23-18(3)24-15-19/h14-15,17,20H,4-13,16H2,1-3H3. The number of hydrogen-bond donors (Lipinski definition) is 0. The largest absolute Gasteiger partial charge is 0.338 e. The maximum Gasteiger partial charge on any atom is 0.257 e. The van der Waals surface area contributed by atoms with Gasteiger partial charge in [-0.05, 0) is 58.7 Å². The number of rotatable bonds is 7. The summed E-state index contributed by atoms with van der Waals surface area (Å²) in [5.74, 6) is 0.788. The van der Waals surface area contributed by atoms with Crippen molar-refractivity contribution in [2.75, 3.05) is 39.3 Å². The minimum Gasteiger partial charge on any atom is -0.338 e. The summed E-state index contributed by atoms with van der Waals surface area (Å²) in [5.41, 5.74) is 0.520. The van der Waals surface area contributed by atoms with Crippen molar-refractivity contribution in [3.05, 3.63) is 23.8 Å². The molecule has 160 valence electrons. The summed E-state index contributed by atoms with van der Waals surface area (Å²) in [5, 5.41) is 0. The molecule has 1 atom stereocenters. The van der Waals surface area contributed by atoms with Crippen LogP contribution in [0.2, 0.25) is 0 Å². The number of carbonyl (C=O) groups excluding carboxylic acids is 2. The highest BCUT2D eigenvalue weighted by atomic mass is 16.2. The van der Waals surface area contributed by atoms with E-state index in [4.69, 9.17) is 0 Å². The van der Waals surface area contributed by atoms with Gasteiger partial charge in [0.2, 0.25) is 5.91 Å². The number of amides is 2. The van der Waals surface area contributed by atoms with Gasteiger partial charge in [-0.2, -0.15) is 0 Å². The Morgan fingerprint density at radius 1 is 1.14 bits per heavy atom. The van der Waals surface area contributed by atoms with Gasteiger partial charge in [0.05, 0.1) is 5.56 Å². The van der Waals surface area contributed by atoms with Crippen molar-refractivity contribution in [1.82, 2.24) is 24.7 Å². The molecule has 0 bridgehead atoms. The summed E-state index contributed by atoms with van der Waals surface area (Å²) in [6.45, 7) is 11.2. The highest BCUT2D eigenvalue weighted by Gasteiger charge is 2.32. The molecule has 2 saturated heterocycles. The molecule has 0 aliphatic carbocycles. The van der Waals surface area contributed by atoms with Crippen LogP contribution >= 0.6 is 0 Å². The molecular weight excluding hydrogens is 366 g/mol. The van der Waals surface area contributed by atoms with Gasteiger partial charge < -0.3 is 14.7 Å². The third-order valence-electron chi connectivity index (χ3n) is 6.00. The summed E-state index contributed by atoms with van der Waals surface area (Å²) in [4.78, 5) is 40.6. The van der Waals surface area contributed by atoms with Gasteiger partial charge in [-0.25, -0.2) is 9.97 Å². The third kappa shape index (κ3) is 5.75. The lowest BCUT2D eigenvalue weighted by Gasteiger charge is -2.40. The molecule has 0 radical (unpaired) electrons. The van der Waals surface area contributed by atoms with E-state index in [1.165, 1.54) is 25.9 Å². The summed E-state index contributed by atoms with van der Waals surface area (Å²) in [7, 11) is 0. The third-order valence-corrected chi connectivity index (χ3v) is 6.00.